The van der Waals surface area contributed by atoms with Crippen LogP contribution in [0.1, 0.15) is 50.2 Å². The van der Waals surface area contributed by atoms with Gasteiger partial charge >= 0.3 is 0 Å². The van der Waals surface area contributed by atoms with Gasteiger partial charge in [-0.1, -0.05) is 13.3 Å². The third kappa shape index (κ3) is 3.39. The molecule has 0 spiro atoms. The molecule has 1 fully saturated rings. The van der Waals surface area contributed by atoms with Crippen LogP contribution in [0.3, 0.4) is 0 Å². The molecule has 2 heterocycles. The minimum absolute atomic E-state index is 0.209. The summed E-state index contributed by atoms with van der Waals surface area (Å²) in [7, 11) is -3.01. The average molecular weight is 285 g/mol. The normalized spacial score (nSPS) is 24.2. The van der Waals surface area contributed by atoms with Gasteiger partial charge in [-0.25, -0.2) is 8.42 Å². The SMILES string of the molecule is CCCNC(c1ccc(C)o1)C1CCCCS1(=O)=O. The Morgan fingerprint density at radius 2 is 2.21 bits per heavy atom. The highest BCUT2D eigenvalue weighted by Crippen LogP contribution is 2.31. The molecule has 0 aliphatic carbocycles. The van der Waals surface area contributed by atoms with Gasteiger partial charge in [-0.2, -0.15) is 0 Å². The number of hydrogen-bond acceptors (Lipinski definition) is 4. The van der Waals surface area contributed by atoms with E-state index in [2.05, 4.69) is 12.2 Å². The van der Waals surface area contributed by atoms with E-state index in [0.717, 1.165) is 43.7 Å². The zero-order valence-electron chi connectivity index (χ0n) is 11.7. The highest BCUT2D eigenvalue weighted by atomic mass is 32.2. The fraction of sp³-hybridized carbons (Fsp3) is 0.714. The molecule has 2 rings (SSSR count). The summed E-state index contributed by atoms with van der Waals surface area (Å²) in [6.07, 6.45) is 3.47. The van der Waals surface area contributed by atoms with Crippen LogP contribution < -0.4 is 5.32 Å². The molecule has 1 aliphatic heterocycles. The second kappa shape index (κ2) is 6.09. The molecular weight excluding hydrogens is 262 g/mol. The van der Waals surface area contributed by atoms with Crippen LogP contribution in [0.4, 0.5) is 0 Å². The van der Waals surface area contributed by atoms with Crippen LogP contribution in [0.5, 0.6) is 0 Å². The molecule has 1 aromatic heterocycles. The maximum Gasteiger partial charge on any atom is 0.155 e. The zero-order chi connectivity index (χ0) is 13.9. The largest absolute Gasteiger partial charge is 0.465 e. The second-order valence-electron chi connectivity index (χ2n) is 5.28. The minimum Gasteiger partial charge on any atom is -0.465 e. The fourth-order valence-corrected chi connectivity index (χ4v) is 4.77. The van der Waals surface area contributed by atoms with Crippen LogP contribution >= 0.6 is 0 Å². The Morgan fingerprint density at radius 1 is 1.42 bits per heavy atom. The summed E-state index contributed by atoms with van der Waals surface area (Å²) < 4.78 is 30.2. The number of rotatable bonds is 5. The number of hydrogen-bond donors (Lipinski definition) is 1. The van der Waals surface area contributed by atoms with Gasteiger partial charge in [0.1, 0.15) is 11.5 Å². The molecule has 0 bridgehead atoms. The van der Waals surface area contributed by atoms with Crippen molar-refractivity contribution in [2.24, 2.45) is 0 Å². The Kier molecular flexibility index (Phi) is 4.68. The fourth-order valence-electron chi connectivity index (χ4n) is 2.69. The predicted molar refractivity (Wildman–Crippen MR) is 75.9 cm³/mol. The van der Waals surface area contributed by atoms with E-state index in [-0.39, 0.29) is 11.3 Å². The summed E-state index contributed by atoms with van der Waals surface area (Å²) in [6, 6.07) is 3.58. The Bertz CT molecular complexity index is 507. The Hall–Kier alpha value is -0.810. The Balaban J connectivity index is 2.26. The molecule has 19 heavy (non-hydrogen) atoms. The molecule has 1 saturated heterocycles. The highest BCUT2D eigenvalue weighted by Gasteiger charge is 2.37. The number of sulfone groups is 1. The quantitative estimate of drug-likeness (QED) is 0.903. The molecule has 0 saturated carbocycles. The van der Waals surface area contributed by atoms with Crippen molar-refractivity contribution in [2.75, 3.05) is 12.3 Å². The maximum atomic E-state index is 12.3. The molecule has 1 aliphatic rings. The van der Waals surface area contributed by atoms with Gasteiger partial charge < -0.3 is 9.73 Å². The van der Waals surface area contributed by atoms with Crippen LogP contribution in [0.2, 0.25) is 0 Å². The number of nitrogens with one attached hydrogen (secondary N) is 1. The van der Waals surface area contributed by atoms with Gasteiger partial charge in [0, 0.05) is 0 Å². The van der Waals surface area contributed by atoms with Gasteiger partial charge in [0.2, 0.25) is 0 Å². The average Bonchev–Trinajstić information content (AvgIpc) is 2.78. The first kappa shape index (κ1) is 14.6. The van der Waals surface area contributed by atoms with Crippen LogP contribution in [0.25, 0.3) is 0 Å². The summed E-state index contributed by atoms with van der Waals surface area (Å²) in [5.74, 6) is 1.88. The van der Waals surface area contributed by atoms with Gasteiger partial charge in [0.05, 0.1) is 17.0 Å². The van der Waals surface area contributed by atoms with Crippen LogP contribution in [-0.4, -0.2) is 26.0 Å². The first-order valence-electron chi connectivity index (χ1n) is 7.06. The molecule has 1 N–H and O–H groups in total. The van der Waals surface area contributed by atoms with E-state index in [1.54, 1.807) is 0 Å². The monoisotopic (exact) mass is 285 g/mol. The topological polar surface area (TPSA) is 59.3 Å². The molecule has 0 amide bonds. The molecule has 0 aromatic carbocycles. The van der Waals surface area contributed by atoms with Crippen LogP contribution in [-0.2, 0) is 9.84 Å². The smallest absolute Gasteiger partial charge is 0.155 e. The van der Waals surface area contributed by atoms with Crippen LogP contribution in [0, 0.1) is 6.92 Å². The Labute approximate surface area is 115 Å². The molecule has 0 radical (unpaired) electrons. The lowest BCUT2D eigenvalue weighted by Gasteiger charge is -2.29. The van der Waals surface area contributed by atoms with Gasteiger partial charge in [-0.15, -0.1) is 0 Å². The van der Waals surface area contributed by atoms with E-state index in [1.807, 2.05) is 19.1 Å². The van der Waals surface area contributed by atoms with Gasteiger partial charge in [0.25, 0.3) is 0 Å². The van der Waals surface area contributed by atoms with Gasteiger partial charge in [-0.05, 0) is 44.9 Å². The standard InChI is InChI=1S/C14H23NO3S/c1-3-9-15-14(12-8-7-11(2)18-12)13-6-4-5-10-19(13,16)17/h7-8,13-15H,3-6,9-10H2,1-2H3. The van der Waals surface area contributed by atoms with Crippen molar-refractivity contribution in [3.05, 3.63) is 23.7 Å². The van der Waals surface area contributed by atoms with E-state index >= 15 is 0 Å². The molecule has 4 nitrogen and oxygen atoms in total. The number of aryl methyl sites for hydroxylation is 1. The molecule has 1 aromatic rings. The third-order valence-corrected chi connectivity index (χ3v) is 5.97. The first-order valence-corrected chi connectivity index (χ1v) is 8.77. The van der Waals surface area contributed by atoms with E-state index in [4.69, 9.17) is 4.42 Å². The lowest BCUT2D eigenvalue weighted by molar-refractivity contribution is 0.369. The lowest BCUT2D eigenvalue weighted by atomic mass is 10.0. The first-order chi connectivity index (χ1) is 9.04. The molecule has 5 heteroatoms. The van der Waals surface area contributed by atoms with E-state index < -0.39 is 9.84 Å². The van der Waals surface area contributed by atoms with Crippen molar-refractivity contribution in [2.45, 2.75) is 50.8 Å². The summed E-state index contributed by atoms with van der Waals surface area (Å²) >= 11 is 0. The highest BCUT2D eigenvalue weighted by molar-refractivity contribution is 7.92. The van der Waals surface area contributed by atoms with Gasteiger partial charge in [0.15, 0.2) is 9.84 Å². The summed E-state index contributed by atoms with van der Waals surface area (Å²) in [4.78, 5) is 0. The van der Waals surface area contributed by atoms with Crippen molar-refractivity contribution in [3.63, 3.8) is 0 Å². The molecular formula is C14H23NO3S. The molecule has 108 valence electrons. The van der Waals surface area contributed by atoms with Crippen molar-refractivity contribution < 1.29 is 12.8 Å². The lowest BCUT2D eigenvalue weighted by Crippen LogP contribution is -2.40. The number of furan rings is 1. The second-order valence-corrected chi connectivity index (χ2v) is 7.62. The predicted octanol–water partition coefficient (Wildman–Crippen LogP) is 2.60. The van der Waals surface area contributed by atoms with Crippen molar-refractivity contribution in [1.29, 1.82) is 0 Å². The maximum absolute atomic E-state index is 12.3. The zero-order valence-corrected chi connectivity index (χ0v) is 12.5. The summed E-state index contributed by atoms with van der Waals surface area (Å²) in [5, 5.41) is 3.00. The molecule has 2 atom stereocenters. The van der Waals surface area contributed by atoms with Gasteiger partial charge in [-0.3, -0.25) is 0 Å². The van der Waals surface area contributed by atoms with E-state index in [1.165, 1.54) is 0 Å². The van der Waals surface area contributed by atoms with Crippen LogP contribution in [0.15, 0.2) is 16.5 Å². The molecule has 2 unspecified atom stereocenters. The van der Waals surface area contributed by atoms with E-state index in [0.29, 0.717) is 5.75 Å². The minimum atomic E-state index is -3.01. The van der Waals surface area contributed by atoms with Crippen molar-refractivity contribution in [3.8, 4) is 0 Å². The summed E-state index contributed by atoms with van der Waals surface area (Å²) in [6.45, 7) is 4.76. The Morgan fingerprint density at radius 3 is 2.79 bits per heavy atom. The van der Waals surface area contributed by atoms with Crippen molar-refractivity contribution in [1.82, 2.24) is 5.32 Å². The van der Waals surface area contributed by atoms with Crippen molar-refractivity contribution >= 4 is 9.84 Å². The third-order valence-electron chi connectivity index (χ3n) is 3.68. The summed E-state index contributed by atoms with van der Waals surface area (Å²) in [5.41, 5.74) is 0. The van der Waals surface area contributed by atoms with E-state index in [9.17, 15) is 8.42 Å².